The number of β-amino-alcohol motifs (C(OH)–C–C–N with tert-alkyl or cyclic N) is 1. The van der Waals surface area contributed by atoms with Crippen molar-refractivity contribution >= 4 is 27.3 Å². The van der Waals surface area contributed by atoms with E-state index in [1.54, 1.807) is 5.51 Å². The molecule has 0 saturated heterocycles. The summed E-state index contributed by atoms with van der Waals surface area (Å²) in [5, 5.41) is 13.1. The van der Waals surface area contributed by atoms with Gasteiger partial charge in [0.15, 0.2) is 0 Å². The van der Waals surface area contributed by atoms with E-state index in [0.29, 0.717) is 6.54 Å². The van der Waals surface area contributed by atoms with Crippen molar-refractivity contribution in [2.45, 2.75) is 32.4 Å². The molecule has 0 fully saturated rings. The number of aliphatic hydroxyl groups excluding tert-OH is 1. The van der Waals surface area contributed by atoms with Crippen LogP contribution in [0, 0.1) is 0 Å². The fraction of sp³-hybridized carbons (Fsp3) is 0.667. The van der Waals surface area contributed by atoms with E-state index < -0.39 is 6.10 Å². The molecule has 0 spiro atoms. The molecule has 1 rings (SSSR count). The van der Waals surface area contributed by atoms with E-state index in [4.69, 9.17) is 0 Å². The summed E-state index contributed by atoms with van der Waals surface area (Å²) in [5.41, 5.74) is 1.75. The lowest BCUT2D eigenvalue weighted by molar-refractivity contribution is 0.166. The number of halogens is 1. The van der Waals surface area contributed by atoms with Crippen LogP contribution in [-0.2, 0) is 0 Å². The molecule has 2 N–H and O–H groups in total. The first kappa shape index (κ1) is 12.1. The Morgan fingerprint density at radius 1 is 1.64 bits per heavy atom. The summed E-state index contributed by atoms with van der Waals surface area (Å²) in [6, 6.07) is 0. The van der Waals surface area contributed by atoms with Gasteiger partial charge >= 0.3 is 0 Å². The summed E-state index contributed by atoms with van der Waals surface area (Å²) in [4.78, 5) is 4.91. The molecule has 0 aliphatic heterocycles. The van der Waals surface area contributed by atoms with Crippen LogP contribution in [0.15, 0.2) is 10.1 Å². The fourth-order valence-corrected chi connectivity index (χ4v) is 2.40. The van der Waals surface area contributed by atoms with Crippen molar-refractivity contribution in [2.24, 2.45) is 0 Å². The zero-order chi connectivity index (χ0) is 10.8. The number of nitrogens with one attached hydrogen (secondary N) is 1. The highest BCUT2D eigenvalue weighted by Crippen LogP contribution is 2.26. The average Bonchev–Trinajstić information content (AvgIpc) is 2.46. The lowest BCUT2D eigenvalue weighted by Crippen LogP contribution is -2.38. The smallest absolute Gasteiger partial charge is 0.122 e. The normalized spacial score (nSPS) is 14.4. The predicted molar refractivity (Wildman–Crippen MR) is 62.5 cm³/mol. The van der Waals surface area contributed by atoms with E-state index >= 15 is 0 Å². The predicted octanol–water partition coefficient (Wildman–Crippen LogP) is 2.33. The summed E-state index contributed by atoms with van der Waals surface area (Å²) in [7, 11) is 0. The van der Waals surface area contributed by atoms with Crippen LogP contribution in [0.3, 0.4) is 0 Å². The zero-order valence-corrected chi connectivity index (χ0v) is 10.9. The molecule has 14 heavy (non-hydrogen) atoms. The first-order valence-corrected chi connectivity index (χ1v) is 6.09. The number of aromatic nitrogens is 1. The highest BCUT2D eigenvalue weighted by atomic mass is 79.9. The maximum absolute atomic E-state index is 9.83. The molecule has 0 aliphatic carbocycles. The SMILES string of the molecule is CC(C)(C)NCC(O)c1scnc1Br. The lowest BCUT2D eigenvalue weighted by Gasteiger charge is -2.22. The van der Waals surface area contributed by atoms with Gasteiger partial charge in [-0.25, -0.2) is 4.98 Å². The van der Waals surface area contributed by atoms with E-state index in [0.717, 1.165) is 9.48 Å². The van der Waals surface area contributed by atoms with Crippen molar-refractivity contribution in [1.82, 2.24) is 10.3 Å². The Morgan fingerprint density at radius 2 is 2.29 bits per heavy atom. The first-order valence-electron chi connectivity index (χ1n) is 4.42. The Morgan fingerprint density at radius 3 is 2.71 bits per heavy atom. The Kier molecular flexibility index (Phi) is 4.06. The molecule has 0 saturated carbocycles. The summed E-state index contributed by atoms with van der Waals surface area (Å²) >= 11 is 4.76. The molecule has 1 atom stereocenters. The molecule has 0 amide bonds. The van der Waals surface area contributed by atoms with E-state index in [9.17, 15) is 5.11 Å². The summed E-state index contributed by atoms with van der Waals surface area (Å²) in [6.45, 7) is 6.76. The molecular formula is C9H15BrN2OS. The van der Waals surface area contributed by atoms with Gasteiger partial charge in [0.25, 0.3) is 0 Å². The van der Waals surface area contributed by atoms with Crippen LogP contribution in [-0.4, -0.2) is 22.2 Å². The third-order valence-corrected chi connectivity index (χ3v) is 3.50. The zero-order valence-electron chi connectivity index (χ0n) is 8.54. The van der Waals surface area contributed by atoms with Crippen molar-refractivity contribution in [3.63, 3.8) is 0 Å². The van der Waals surface area contributed by atoms with Crippen LogP contribution in [0.4, 0.5) is 0 Å². The van der Waals surface area contributed by atoms with Crippen molar-refractivity contribution in [1.29, 1.82) is 0 Å². The Labute approximate surface area is 96.7 Å². The maximum atomic E-state index is 9.83. The summed E-state index contributed by atoms with van der Waals surface area (Å²) in [6.07, 6.45) is -0.490. The number of hydrogen-bond acceptors (Lipinski definition) is 4. The van der Waals surface area contributed by atoms with Gasteiger partial charge in [0.2, 0.25) is 0 Å². The molecule has 1 heterocycles. The monoisotopic (exact) mass is 278 g/mol. The van der Waals surface area contributed by atoms with Crippen molar-refractivity contribution in [3.8, 4) is 0 Å². The average molecular weight is 279 g/mol. The van der Waals surface area contributed by atoms with Crippen LogP contribution in [0.1, 0.15) is 31.8 Å². The number of hydrogen-bond donors (Lipinski definition) is 2. The molecule has 0 aromatic carbocycles. The quantitative estimate of drug-likeness (QED) is 0.892. The van der Waals surface area contributed by atoms with Crippen LogP contribution >= 0.6 is 27.3 Å². The fourth-order valence-electron chi connectivity index (χ4n) is 0.953. The van der Waals surface area contributed by atoms with Gasteiger partial charge in [0.1, 0.15) is 10.7 Å². The van der Waals surface area contributed by atoms with Gasteiger partial charge < -0.3 is 10.4 Å². The highest BCUT2D eigenvalue weighted by molar-refractivity contribution is 9.10. The Balaban J connectivity index is 2.51. The second-order valence-corrected chi connectivity index (χ2v) is 5.79. The van der Waals surface area contributed by atoms with Crippen LogP contribution < -0.4 is 5.32 Å². The Hall–Kier alpha value is 0.0300. The Bertz CT molecular complexity index is 295. The minimum atomic E-state index is -0.490. The summed E-state index contributed by atoms with van der Waals surface area (Å²) in [5.74, 6) is 0. The highest BCUT2D eigenvalue weighted by Gasteiger charge is 2.16. The minimum absolute atomic E-state index is 0.0259. The van der Waals surface area contributed by atoms with Gasteiger partial charge in [-0.3, -0.25) is 0 Å². The first-order chi connectivity index (χ1) is 6.40. The standard InChI is InChI=1S/C9H15BrN2OS/c1-9(2,3)12-4-6(13)7-8(10)11-5-14-7/h5-6,12-13H,4H2,1-3H3. The molecule has 5 heteroatoms. The lowest BCUT2D eigenvalue weighted by atomic mass is 10.1. The van der Waals surface area contributed by atoms with Gasteiger partial charge in [-0.1, -0.05) is 0 Å². The van der Waals surface area contributed by atoms with Crippen molar-refractivity contribution < 1.29 is 5.11 Å². The number of rotatable bonds is 3. The number of nitrogens with zero attached hydrogens (tertiary/aromatic N) is 1. The molecule has 80 valence electrons. The van der Waals surface area contributed by atoms with Crippen LogP contribution in [0.5, 0.6) is 0 Å². The van der Waals surface area contributed by atoms with Gasteiger partial charge in [-0.05, 0) is 36.7 Å². The largest absolute Gasteiger partial charge is 0.386 e. The molecule has 1 unspecified atom stereocenters. The molecule has 0 aliphatic rings. The van der Waals surface area contributed by atoms with E-state index in [1.807, 2.05) is 0 Å². The van der Waals surface area contributed by atoms with E-state index in [-0.39, 0.29) is 5.54 Å². The van der Waals surface area contributed by atoms with E-state index in [2.05, 4.69) is 47.0 Å². The summed E-state index contributed by atoms with van der Waals surface area (Å²) < 4.78 is 0.741. The van der Waals surface area contributed by atoms with Crippen LogP contribution in [0.25, 0.3) is 0 Å². The topological polar surface area (TPSA) is 45.1 Å². The number of thiazole rings is 1. The second-order valence-electron chi connectivity index (χ2n) is 4.15. The van der Waals surface area contributed by atoms with Gasteiger partial charge in [-0.15, -0.1) is 11.3 Å². The maximum Gasteiger partial charge on any atom is 0.122 e. The molecule has 1 aromatic rings. The minimum Gasteiger partial charge on any atom is -0.386 e. The van der Waals surface area contributed by atoms with Gasteiger partial charge in [0, 0.05) is 12.1 Å². The molecule has 1 aromatic heterocycles. The number of aliphatic hydroxyl groups is 1. The second kappa shape index (κ2) is 4.70. The van der Waals surface area contributed by atoms with Gasteiger partial charge in [0.05, 0.1) is 10.4 Å². The van der Waals surface area contributed by atoms with Gasteiger partial charge in [-0.2, -0.15) is 0 Å². The van der Waals surface area contributed by atoms with Crippen molar-refractivity contribution in [3.05, 3.63) is 15.0 Å². The third-order valence-electron chi connectivity index (χ3n) is 1.68. The molecule has 0 bridgehead atoms. The molecule has 3 nitrogen and oxygen atoms in total. The molecule has 0 radical (unpaired) electrons. The third kappa shape index (κ3) is 3.65. The van der Waals surface area contributed by atoms with E-state index in [1.165, 1.54) is 11.3 Å². The van der Waals surface area contributed by atoms with Crippen LogP contribution in [0.2, 0.25) is 0 Å². The van der Waals surface area contributed by atoms with Crippen molar-refractivity contribution in [2.75, 3.05) is 6.54 Å². The molecular weight excluding hydrogens is 264 g/mol.